The van der Waals surface area contributed by atoms with Crippen LogP contribution in [0.3, 0.4) is 0 Å². The molecule has 3 rings (SSSR count). The van der Waals surface area contributed by atoms with E-state index >= 15 is 0 Å². The minimum absolute atomic E-state index is 0.196. The van der Waals surface area contributed by atoms with Gasteiger partial charge in [0.1, 0.15) is 0 Å². The van der Waals surface area contributed by atoms with E-state index in [4.69, 9.17) is 11.5 Å². The molecule has 0 aliphatic carbocycles. The highest BCUT2D eigenvalue weighted by Gasteiger charge is 2.32. The normalized spacial score (nSPS) is 13.4. The molecule has 2 amide bonds. The second-order valence-corrected chi connectivity index (χ2v) is 4.72. The lowest BCUT2D eigenvalue weighted by atomic mass is 10.1. The first-order valence-corrected chi connectivity index (χ1v) is 6.17. The molecule has 100 valence electrons. The van der Waals surface area contributed by atoms with Crippen molar-refractivity contribution in [2.75, 3.05) is 16.4 Å². The van der Waals surface area contributed by atoms with Crippen molar-refractivity contribution in [2.45, 2.75) is 6.42 Å². The Morgan fingerprint density at radius 3 is 2.35 bits per heavy atom. The first kappa shape index (κ1) is 12.2. The summed E-state index contributed by atoms with van der Waals surface area (Å²) in [5.74, 6) is -0.592. The molecule has 0 spiro atoms. The molecule has 0 radical (unpaired) electrons. The molecule has 5 nitrogen and oxygen atoms in total. The SMILES string of the molecule is Nc1ccc(C(=O)N2C(=O)Cc3cc(N)ccc32)cc1. The molecular formula is C15H13N3O2. The monoisotopic (exact) mass is 267 g/mol. The first-order valence-electron chi connectivity index (χ1n) is 6.17. The summed E-state index contributed by atoms with van der Waals surface area (Å²) in [5.41, 5.74) is 14.3. The number of anilines is 3. The molecule has 20 heavy (non-hydrogen) atoms. The van der Waals surface area contributed by atoms with Crippen LogP contribution in [0.15, 0.2) is 42.5 Å². The summed E-state index contributed by atoms with van der Waals surface area (Å²) < 4.78 is 0. The lowest BCUT2D eigenvalue weighted by Crippen LogP contribution is -2.33. The van der Waals surface area contributed by atoms with Crippen LogP contribution in [-0.2, 0) is 11.2 Å². The molecule has 0 fully saturated rings. The number of imide groups is 1. The van der Waals surface area contributed by atoms with Crippen molar-refractivity contribution in [2.24, 2.45) is 0 Å². The number of carbonyl (C=O) groups excluding carboxylic acids is 2. The Balaban J connectivity index is 2.01. The van der Waals surface area contributed by atoms with Gasteiger partial charge in [-0.25, -0.2) is 4.90 Å². The Bertz CT molecular complexity index is 708. The second kappa shape index (κ2) is 4.38. The zero-order chi connectivity index (χ0) is 14.3. The number of rotatable bonds is 1. The molecule has 0 aromatic heterocycles. The Morgan fingerprint density at radius 2 is 1.65 bits per heavy atom. The van der Waals surface area contributed by atoms with Gasteiger partial charge >= 0.3 is 0 Å². The van der Waals surface area contributed by atoms with Crippen LogP contribution in [0.5, 0.6) is 0 Å². The van der Waals surface area contributed by atoms with Gasteiger partial charge in [0.15, 0.2) is 0 Å². The predicted octanol–water partition coefficient (Wildman–Crippen LogP) is 1.58. The summed E-state index contributed by atoms with van der Waals surface area (Å²) in [6.45, 7) is 0. The Kier molecular flexibility index (Phi) is 2.68. The van der Waals surface area contributed by atoms with Gasteiger partial charge in [-0.2, -0.15) is 0 Å². The van der Waals surface area contributed by atoms with E-state index in [0.717, 1.165) is 5.56 Å². The van der Waals surface area contributed by atoms with Gasteiger partial charge in [-0.3, -0.25) is 9.59 Å². The fourth-order valence-electron chi connectivity index (χ4n) is 2.32. The van der Waals surface area contributed by atoms with Crippen molar-refractivity contribution in [3.8, 4) is 0 Å². The van der Waals surface area contributed by atoms with E-state index in [-0.39, 0.29) is 18.2 Å². The summed E-state index contributed by atoms with van der Waals surface area (Å²) in [6.07, 6.45) is 0.196. The van der Waals surface area contributed by atoms with E-state index in [2.05, 4.69) is 0 Å². The lowest BCUT2D eigenvalue weighted by molar-refractivity contribution is -0.116. The van der Waals surface area contributed by atoms with Gasteiger partial charge in [-0.05, 0) is 48.0 Å². The zero-order valence-corrected chi connectivity index (χ0v) is 10.7. The number of fused-ring (bicyclic) bond motifs is 1. The molecular weight excluding hydrogens is 254 g/mol. The van der Waals surface area contributed by atoms with Gasteiger partial charge < -0.3 is 11.5 Å². The van der Waals surface area contributed by atoms with E-state index in [0.29, 0.717) is 22.6 Å². The number of nitrogen functional groups attached to an aromatic ring is 2. The smallest absolute Gasteiger partial charge is 0.265 e. The van der Waals surface area contributed by atoms with E-state index in [1.807, 2.05) is 0 Å². The summed E-state index contributed by atoms with van der Waals surface area (Å²) in [4.78, 5) is 25.7. The molecule has 4 N–H and O–H groups in total. The van der Waals surface area contributed by atoms with Gasteiger partial charge in [0.05, 0.1) is 12.1 Å². The summed E-state index contributed by atoms with van der Waals surface area (Å²) >= 11 is 0. The maximum Gasteiger partial charge on any atom is 0.265 e. The minimum atomic E-state index is -0.349. The highest BCUT2D eigenvalue weighted by molar-refractivity contribution is 6.24. The van der Waals surface area contributed by atoms with Gasteiger partial charge in [0.2, 0.25) is 5.91 Å². The fraction of sp³-hybridized carbons (Fsp3) is 0.0667. The number of benzene rings is 2. The molecule has 2 aromatic rings. The lowest BCUT2D eigenvalue weighted by Gasteiger charge is -2.15. The van der Waals surface area contributed by atoms with Crippen LogP contribution in [0.1, 0.15) is 15.9 Å². The Morgan fingerprint density at radius 1 is 1.00 bits per heavy atom. The molecule has 5 heteroatoms. The molecule has 1 aliphatic heterocycles. The van der Waals surface area contributed by atoms with Gasteiger partial charge in [0, 0.05) is 16.9 Å². The van der Waals surface area contributed by atoms with Crippen LogP contribution in [0, 0.1) is 0 Å². The van der Waals surface area contributed by atoms with E-state index in [1.54, 1.807) is 42.5 Å². The fourth-order valence-corrected chi connectivity index (χ4v) is 2.32. The van der Waals surface area contributed by atoms with Crippen LogP contribution in [-0.4, -0.2) is 11.8 Å². The average Bonchev–Trinajstić information content (AvgIpc) is 2.73. The third kappa shape index (κ3) is 1.89. The topological polar surface area (TPSA) is 89.4 Å². The van der Waals surface area contributed by atoms with Crippen LogP contribution < -0.4 is 16.4 Å². The number of amides is 2. The maximum atomic E-state index is 12.4. The predicted molar refractivity (Wildman–Crippen MR) is 77.2 cm³/mol. The molecule has 0 saturated carbocycles. The van der Waals surface area contributed by atoms with Crippen molar-refractivity contribution < 1.29 is 9.59 Å². The summed E-state index contributed by atoms with van der Waals surface area (Å²) in [5, 5.41) is 0. The van der Waals surface area contributed by atoms with Crippen molar-refractivity contribution >= 4 is 28.9 Å². The number of nitrogens with two attached hydrogens (primary N) is 2. The Labute approximate surface area is 115 Å². The van der Waals surface area contributed by atoms with E-state index < -0.39 is 0 Å². The molecule has 0 atom stereocenters. The average molecular weight is 267 g/mol. The van der Waals surface area contributed by atoms with E-state index in [9.17, 15) is 9.59 Å². The van der Waals surface area contributed by atoms with Crippen LogP contribution in [0.25, 0.3) is 0 Å². The number of nitrogens with zero attached hydrogens (tertiary/aromatic N) is 1. The summed E-state index contributed by atoms with van der Waals surface area (Å²) in [7, 11) is 0. The molecule has 0 unspecified atom stereocenters. The summed E-state index contributed by atoms with van der Waals surface area (Å²) in [6, 6.07) is 11.6. The molecule has 0 bridgehead atoms. The van der Waals surface area contributed by atoms with Crippen LogP contribution in [0.2, 0.25) is 0 Å². The maximum absolute atomic E-state index is 12.4. The van der Waals surface area contributed by atoms with Crippen molar-refractivity contribution in [3.05, 3.63) is 53.6 Å². The first-order chi connectivity index (χ1) is 9.56. The van der Waals surface area contributed by atoms with Crippen molar-refractivity contribution in [1.82, 2.24) is 0 Å². The minimum Gasteiger partial charge on any atom is -0.399 e. The largest absolute Gasteiger partial charge is 0.399 e. The molecule has 2 aromatic carbocycles. The Hall–Kier alpha value is -2.82. The van der Waals surface area contributed by atoms with Gasteiger partial charge in [-0.15, -0.1) is 0 Å². The molecule has 1 aliphatic rings. The van der Waals surface area contributed by atoms with Crippen molar-refractivity contribution in [3.63, 3.8) is 0 Å². The number of carbonyl (C=O) groups is 2. The standard InChI is InChI=1S/C15H13N3O2/c16-11-3-1-9(2-4-11)15(20)18-13-6-5-12(17)7-10(13)8-14(18)19/h1-7H,8,16-17H2. The highest BCUT2D eigenvalue weighted by Crippen LogP contribution is 2.31. The van der Waals surface area contributed by atoms with Crippen LogP contribution >= 0.6 is 0 Å². The van der Waals surface area contributed by atoms with Gasteiger partial charge in [-0.1, -0.05) is 0 Å². The quantitative estimate of drug-likeness (QED) is 0.606. The molecule has 0 saturated heterocycles. The van der Waals surface area contributed by atoms with Crippen molar-refractivity contribution in [1.29, 1.82) is 0 Å². The zero-order valence-electron chi connectivity index (χ0n) is 10.7. The van der Waals surface area contributed by atoms with Gasteiger partial charge in [0.25, 0.3) is 5.91 Å². The molecule has 1 heterocycles. The number of hydrogen-bond acceptors (Lipinski definition) is 4. The second-order valence-electron chi connectivity index (χ2n) is 4.72. The van der Waals surface area contributed by atoms with E-state index in [1.165, 1.54) is 4.90 Å². The third-order valence-corrected chi connectivity index (χ3v) is 3.30. The third-order valence-electron chi connectivity index (χ3n) is 3.30. The van der Waals surface area contributed by atoms with Crippen LogP contribution in [0.4, 0.5) is 17.1 Å². The highest BCUT2D eigenvalue weighted by atomic mass is 16.2. The number of hydrogen-bond donors (Lipinski definition) is 2.